The quantitative estimate of drug-likeness (QED) is 0.367. The monoisotopic (exact) mass is 480 g/mol. The maximum Gasteiger partial charge on any atom is 0.186 e. The van der Waals surface area contributed by atoms with Crippen LogP contribution in [0.4, 0.5) is 0 Å². The topological polar surface area (TPSA) is 17.1 Å². The number of ketones is 1. The zero-order valence-corrected chi connectivity index (χ0v) is 25.6. The Morgan fingerprint density at radius 1 is 0.529 bits per heavy atom. The predicted octanol–water partition coefficient (Wildman–Crippen LogP) is 8.85. The molecule has 2 heteroatoms. The molecule has 1 aliphatic carbocycles. The molecule has 0 heterocycles. The molecule has 0 bridgehead atoms. The van der Waals surface area contributed by atoms with Crippen molar-refractivity contribution in [1.82, 2.24) is 0 Å². The lowest BCUT2D eigenvalue weighted by atomic mass is 9.73. The molecule has 1 nitrogen and oxygen atoms in total. The zero-order chi connectivity index (χ0) is 26.7. The molecular weight excluding hydrogens is 431 g/mol. The first-order chi connectivity index (χ1) is 14.9. The molecule has 1 aromatic rings. The molecule has 0 unspecified atom stereocenters. The normalized spacial score (nSPS) is 16.7. The summed E-state index contributed by atoms with van der Waals surface area (Å²) in [5.74, 6) is 0.203. The van der Waals surface area contributed by atoms with E-state index in [-0.39, 0.29) is 32.9 Å². The van der Waals surface area contributed by atoms with E-state index in [1.165, 1.54) is 35.5 Å². The third-order valence-corrected chi connectivity index (χ3v) is 7.74. The molecule has 0 radical (unpaired) electrons. The van der Waals surface area contributed by atoms with Crippen LogP contribution in [0.3, 0.4) is 0 Å². The van der Waals surface area contributed by atoms with Crippen molar-refractivity contribution in [2.45, 2.75) is 120 Å². The van der Waals surface area contributed by atoms with E-state index in [2.05, 4.69) is 128 Å². The maximum atomic E-state index is 13.5. The van der Waals surface area contributed by atoms with E-state index in [1.807, 2.05) is 0 Å². The van der Waals surface area contributed by atoms with Crippen molar-refractivity contribution < 1.29 is 4.79 Å². The van der Waals surface area contributed by atoms with Gasteiger partial charge in [0, 0.05) is 21.7 Å². The molecular formula is C32H49OP. The van der Waals surface area contributed by atoms with Crippen LogP contribution in [0.15, 0.2) is 35.4 Å². The SMILES string of the molecule is CC(C)(C)C1=CC(=Pc2c(C(C)(C)C)cc(C(C)(C)C)cc2C(C)(C)C)C=C(C(C)(C)C)C1=O. The van der Waals surface area contributed by atoms with Crippen molar-refractivity contribution >= 4 is 24.6 Å². The number of benzene rings is 1. The third kappa shape index (κ3) is 6.40. The fourth-order valence-corrected chi connectivity index (χ4v) is 5.94. The maximum absolute atomic E-state index is 13.5. The third-order valence-electron chi connectivity index (χ3n) is 6.52. The minimum Gasteiger partial charge on any atom is -0.289 e. The van der Waals surface area contributed by atoms with Gasteiger partial charge in [-0.25, -0.2) is 0 Å². The average Bonchev–Trinajstić information content (AvgIpc) is 2.58. The van der Waals surface area contributed by atoms with E-state index in [1.54, 1.807) is 0 Å². The van der Waals surface area contributed by atoms with E-state index in [4.69, 9.17) is 0 Å². The number of carbonyl (C=O) groups excluding carboxylic acids is 1. The van der Waals surface area contributed by atoms with Crippen molar-refractivity contribution in [2.24, 2.45) is 10.8 Å². The highest BCUT2D eigenvalue weighted by Crippen LogP contribution is 2.39. The molecule has 2 rings (SSSR count). The Kier molecular flexibility index (Phi) is 7.52. The molecule has 0 N–H and O–H groups in total. The lowest BCUT2D eigenvalue weighted by Gasteiger charge is -2.33. The molecule has 188 valence electrons. The summed E-state index contributed by atoms with van der Waals surface area (Å²) in [5.41, 5.74) is 5.77. The van der Waals surface area contributed by atoms with Gasteiger partial charge >= 0.3 is 0 Å². The van der Waals surface area contributed by atoms with Gasteiger partial charge in [0.15, 0.2) is 5.78 Å². The fraction of sp³-hybridized carbons (Fsp3) is 0.625. The Hall–Kier alpha value is -1.46. The summed E-state index contributed by atoms with van der Waals surface area (Å²) in [4.78, 5) is 13.5. The summed E-state index contributed by atoms with van der Waals surface area (Å²) < 4.78 is 0. The van der Waals surface area contributed by atoms with Gasteiger partial charge in [0.25, 0.3) is 0 Å². The Labute approximate surface area is 212 Å². The minimum absolute atomic E-state index is 0.0157. The zero-order valence-electron chi connectivity index (χ0n) is 24.7. The van der Waals surface area contributed by atoms with E-state index in [0.717, 1.165) is 11.1 Å². The Balaban J connectivity index is 3.01. The van der Waals surface area contributed by atoms with E-state index in [9.17, 15) is 4.79 Å². The summed E-state index contributed by atoms with van der Waals surface area (Å²) in [7, 11) is 1.18. The van der Waals surface area contributed by atoms with Gasteiger partial charge in [0.05, 0.1) is 0 Å². The standard InChI is InChI=1S/C32H49OP/c1-28(2,3)20-16-24(31(10,11)12)27(25(17-20)32(13,14)15)34-21-18-22(29(4,5)6)26(33)23(19-21)30(7,8)9/h16-19H,1-15H3. The minimum atomic E-state index is -0.196. The number of allylic oxidation sites excluding steroid dienone is 4. The Bertz CT molecular complexity index is 985. The lowest BCUT2D eigenvalue weighted by Crippen LogP contribution is -2.31. The van der Waals surface area contributed by atoms with Gasteiger partial charge in [0.2, 0.25) is 0 Å². The average molecular weight is 481 g/mol. The molecule has 1 aliphatic rings. The number of rotatable bonds is 1. The van der Waals surface area contributed by atoms with Crippen LogP contribution in [0.25, 0.3) is 0 Å². The highest BCUT2D eigenvalue weighted by molar-refractivity contribution is 7.50. The van der Waals surface area contributed by atoms with Crippen LogP contribution in [0.5, 0.6) is 0 Å². The Morgan fingerprint density at radius 2 is 0.882 bits per heavy atom. The highest BCUT2D eigenvalue weighted by atomic mass is 31.1. The first-order valence-corrected chi connectivity index (χ1v) is 13.6. The molecule has 34 heavy (non-hydrogen) atoms. The largest absolute Gasteiger partial charge is 0.289 e. The van der Waals surface area contributed by atoms with Crippen LogP contribution in [0.1, 0.15) is 121 Å². The van der Waals surface area contributed by atoms with Crippen LogP contribution in [0, 0.1) is 10.8 Å². The van der Waals surface area contributed by atoms with Gasteiger partial charge in [-0.3, -0.25) is 4.79 Å². The van der Waals surface area contributed by atoms with E-state index >= 15 is 0 Å². The molecule has 0 saturated heterocycles. The van der Waals surface area contributed by atoms with Crippen LogP contribution in [0.2, 0.25) is 0 Å². The van der Waals surface area contributed by atoms with Crippen molar-refractivity contribution in [3.05, 3.63) is 52.1 Å². The molecule has 0 atom stereocenters. The summed E-state index contributed by atoms with van der Waals surface area (Å²) in [6.07, 6.45) is 4.35. The van der Waals surface area contributed by atoms with Crippen LogP contribution in [-0.4, -0.2) is 11.1 Å². The van der Waals surface area contributed by atoms with Crippen molar-refractivity contribution in [3.8, 4) is 0 Å². The fourth-order valence-electron chi connectivity index (χ4n) is 4.25. The summed E-state index contributed by atoms with van der Waals surface area (Å²) in [5, 5.41) is 2.61. The van der Waals surface area contributed by atoms with Gasteiger partial charge < -0.3 is 0 Å². The number of hydrogen-bond acceptors (Lipinski definition) is 1. The second-order valence-electron chi connectivity index (χ2n) is 15.2. The van der Waals surface area contributed by atoms with Crippen LogP contribution >= 0.6 is 8.20 Å². The smallest absolute Gasteiger partial charge is 0.186 e. The van der Waals surface area contributed by atoms with Gasteiger partial charge in [-0.05, 0) is 55.9 Å². The van der Waals surface area contributed by atoms with Crippen LogP contribution < -0.4 is 5.30 Å². The predicted molar refractivity (Wildman–Crippen MR) is 154 cm³/mol. The molecule has 0 spiro atoms. The van der Waals surface area contributed by atoms with E-state index in [0.29, 0.717) is 0 Å². The van der Waals surface area contributed by atoms with Gasteiger partial charge in [-0.2, -0.15) is 0 Å². The lowest BCUT2D eigenvalue weighted by molar-refractivity contribution is -0.114. The Morgan fingerprint density at radius 3 is 1.15 bits per heavy atom. The van der Waals surface area contributed by atoms with Crippen molar-refractivity contribution in [2.75, 3.05) is 0 Å². The molecule has 1 aromatic carbocycles. The highest BCUT2D eigenvalue weighted by Gasteiger charge is 2.35. The first kappa shape index (κ1) is 28.8. The van der Waals surface area contributed by atoms with Crippen LogP contribution in [-0.2, 0) is 21.0 Å². The van der Waals surface area contributed by atoms with Crippen molar-refractivity contribution in [3.63, 3.8) is 0 Å². The van der Waals surface area contributed by atoms with Gasteiger partial charge in [-0.1, -0.05) is 124 Å². The van der Waals surface area contributed by atoms with Crippen molar-refractivity contribution in [1.29, 1.82) is 0 Å². The summed E-state index contributed by atoms with van der Waals surface area (Å²) >= 11 is 0. The first-order valence-electron chi connectivity index (χ1n) is 12.7. The van der Waals surface area contributed by atoms with Gasteiger partial charge in [0.1, 0.15) is 0 Å². The molecule has 0 fully saturated rings. The summed E-state index contributed by atoms with van der Waals surface area (Å²) in [6.45, 7) is 33.7. The molecule has 0 aliphatic heterocycles. The second-order valence-corrected chi connectivity index (χ2v) is 16.3. The number of hydrogen-bond donors (Lipinski definition) is 0. The number of carbonyl (C=O) groups is 1. The molecule has 0 aromatic heterocycles. The summed E-state index contributed by atoms with van der Waals surface area (Å²) in [6, 6.07) is 4.88. The van der Waals surface area contributed by atoms with E-state index < -0.39 is 0 Å². The molecule has 0 amide bonds. The van der Waals surface area contributed by atoms with Gasteiger partial charge in [-0.15, -0.1) is 0 Å². The second kappa shape index (κ2) is 8.89. The molecule has 0 saturated carbocycles. The number of Topliss-reactive ketones (excluding diaryl/α,β-unsaturated/α-hetero) is 1.